The Kier molecular flexibility index (Phi) is 15.9. The third kappa shape index (κ3) is 11.9. The first-order valence-corrected chi connectivity index (χ1v) is 29.6. The summed E-state index contributed by atoms with van der Waals surface area (Å²) in [6, 6.07) is 24.6. The molecular weight excluding hydrogens is 1090 g/mol. The number of nitrogens with one attached hydrogen (secondary N) is 5. The number of aliphatic hydroxyl groups excluding tert-OH is 1. The second-order valence-electron chi connectivity index (χ2n) is 22.6. The van der Waals surface area contributed by atoms with Crippen LogP contribution in [-0.4, -0.2) is 126 Å². The number of benzene rings is 4. The Hall–Kier alpha value is -7.82. The summed E-state index contributed by atoms with van der Waals surface area (Å²) >= 11 is 6.27. The van der Waals surface area contributed by atoms with Crippen molar-refractivity contribution in [1.82, 2.24) is 29.8 Å². The van der Waals surface area contributed by atoms with Gasteiger partial charge in [-0.3, -0.25) is 44.3 Å². The summed E-state index contributed by atoms with van der Waals surface area (Å²) < 4.78 is 36.8. The number of piperidine rings is 1. The van der Waals surface area contributed by atoms with Gasteiger partial charge in [0.15, 0.2) is 0 Å². The van der Waals surface area contributed by atoms with E-state index in [4.69, 9.17) is 16.3 Å². The number of carbonyl (C=O) groups is 5. The summed E-state index contributed by atoms with van der Waals surface area (Å²) in [4.78, 5) is 78.5. The molecule has 20 nitrogen and oxygen atoms in total. The quantitative estimate of drug-likeness (QED) is 0.0256. The number of imide groups is 2. The lowest BCUT2D eigenvalue weighted by atomic mass is 9.72. The Morgan fingerprint density at radius 1 is 0.890 bits per heavy atom. The van der Waals surface area contributed by atoms with Gasteiger partial charge < -0.3 is 30.4 Å². The molecule has 1 saturated carbocycles. The van der Waals surface area contributed by atoms with Crippen LogP contribution in [0, 0.1) is 11.3 Å². The van der Waals surface area contributed by atoms with Gasteiger partial charge in [0.05, 0.1) is 39.2 Å². The van der Waals surface area contributed by atoms with Crippen molar-refractivity contribution in [2.24, 2.45) is 11.3 Å². The van der Waals surface area contributed by atoms with Crippen LogP contribution < -0.4 is 35.4 Å². The summed E-state index contributed by atoms with van der Waals surface area (Å²) in [5.41, 5.74) is 6.84. The van der Waals surface area contributed by atoms with Crippen LogP contribution in [0.2, 0.25) is 5.02 Å². The fourth-order valence-electron chi connectivity index (χ4n) is 12.0. The highest BCUT2D eigenvalue weighted by molar-refractivity contribution is 7.90. The van der Waals surface area contributed by atoms with Crippen molar-refractivity contribution >= 4 is 90.5 Å². The van der Waals surface area contributed by atoms with Crippen LogP contribution in [0.3, 0.4) is 0 Å². The van der Waals surface area contributed by atoms with Gasteiger partial charge in [-0.05, 0) is 141 Å². The number of aliphatic hydroxyl groups is 1. The molecule has 3 aliphatic heterocycles. The van der Waals surface area contributed by atoms with Crippen LogP contribution in [0.5, 0.6) is 11.5 Å². The molecule has 1 atom stereocenters. The van der Waals surface area contributed by atoms with Crippen molar-refractivity contribution in [3.63, 3.8) is 0 Å². The van der Waals surface area contributed by atoms with Crippen molar-refractivity contribution in [2.75, 3.05) is 66.6 Å². The number of hydrogen-bond acceptors (Lipinski definition) is 16. The zero-order chi connectivity index (χ0) is 57.5. The molecule has 2 aromatic heterocycles. The van der Waals surface area contributed by atoms with Gasteiger partial charge in [-0.25, -0.2) is 23.2 Å². The predicted molar refractivity (Wildman–Crippen MR) is 311 cm³/mol. The summed E-state index contributed by atoms with van der Waals surface area (Å²) in [5.74, 6) is -2.64. The zero-order valence-electron chi connectivity index (χ0n) is 45.5. The number of anilines is 4. The summed E-state index contributed by atoms with van der Waals surface area (Å²) in [7, 11) is -4.59. The number of ether oxygens (including phenoxy) is 1. The highest BCUT2D eigenvalue weighted by atomic mass is 35.5. The van der Waals surface area contributed by atoms with E-state index in [1.165, 1.54) is 41.1 Å². The second kappa shape index (κ2) is 23.2. The van der Waals surface area contributed by atoms with E-state index in [1.54, 1.807) is 48.7 Å². The lowest BCUT2D eigenvalue weighted by molar-refractivity contribution is -0.136. The van der Waals surface area contributed by atoms with Gasteiger partial charge in [-0.1, -0.05) is 49.2 Å². The molecular formula is C60H65ClN10O10S. The standard InChI is InChI=1S/C60H65ClN10O10S/c1-60(2)22-20-39(47(31-60)37-8-10-40(61)11-9-37)34-68-24-26-69(27-25-68)42-14-16-45(52(29-42)81-43-28-38-21-23-62-55(38)64-33-43)56(74)67-82(79,80)44-15-17-48(51(30-44)70(78)35-72)63-32-36-6-12-41(13-7-36)65-49-5-3-4-46-54(49)59(77)71(58(46)76)50-18-19-53(73)66-57(50)75/h3-5,8-11,14-17,21,23,28-30,33,36,41,50,63,65,72,78H,6-7,12-13,18-20,22,24-27,31-32,34-35H2,1-2H3,(H,62,64)(H,67,74)(H,66,73,75)/t36-,41+,50?. The molecule has 2 saturated heterocycles. The maximum Gasteiger partial charge on any atom is 0.268 e. The van der Waals surface area contributed by atoms with Gasteiger partial charge in [0.25, 0.3) is 27.7 Å². The van der Waals surface area contributed by atoms with Crippen LogP contribution >= 0.6 is 11.6 Å². The van der Waals surface area contributed by atoms with Crippen LogP contribution in [0.4, 0.5) is 22.7 Å². The van der Waals surface area contributed by atoms with E-state index in [2.05, 4.69) is 66.4 Å². The largest absolute Gasteiger partial charge is 0.455 e. The van der Waals surface area contributed by atoms with Gasteiger partial charge in [0, 0.05) is 85.8 Å². The molecule has 6 aromatic rings. The molecule has 7 N–H and O–H groups in total. The van der Waals surface area contributed by atoms with Gasteiger partial charge in [-0.2, -0.15) is 0 Å². The topological polar surface area (TPSA) is 259 Å². The number of H-pyrrole nitrogens is 1. The van der Waals surface area contributed by atoms with Gasteiger partial charge in [0.2, 0.25) is 11.8 Å². The number of amides is 5. The number of hydrogen-bond donors (Lipinski definition) is 7. The number of nitrogens with zero attached hydrogens (tertiary/aromatic N) is 5. The van der Waals surface area contributed by atoms with Gasteiger partial charge in [0.1, 0.15) is 29.9 Å². The number of piperazine rings is 1. The molecule has 4 aromatic carbocycles. The van der Waals surface area contributed by atoms with Crippen molar-refractivity contribution in [3.05, 3.63) is 136 Å². The van der Waals surface area contributed by atoms with Crippen molar-refractivity contribution < 1.29 is 47.4 Å². The Bertz CT molecular complexity index is 3630. The third-order valence-electron chi connectivity index (χ3n) is 16.5. The lowest BCUT2D eigenvalue weighted by Crippen LogP contribution is -2.54. The lowest BCUT2D eigenvalue weighted by Gasteiger charge is -2.39. The number of fused-ring (bicyclic) bond motifs is 2. The molecule has 82 heavy (non-hydrogen) atoms. The Morgan fingerprint density at radius 3 is 2.43 bits per heavy atom. The number of halogens is 1. The molecule has 0 spiro atoms. The molecule has 22 heteroatoms. The number of rotatable bonds is 17. The monoisotopic (exact) mass is 1150 g/mol. The molecule has 1 unspecified atom stereocenters. The van der Waals surface area contributed by atoms with E-state index in [9.17, 15) is 42.7 Å². The SMILES string of the molecule is CC1(C)CCC(CN2CCN(c3ccc(C(=O)NS(=O)(=O)c4ccc(NC[C@H]5CC[C@@H](Nc6cccc7c6C(=O)N(C6CCC(=O)NC6=O)C7=O)CC5)c(N(O)CO)c4)c(Oc4cnc5[nH]ccc5c4)c3)CC2)=C(c2ccc(Cl)cc2)C1. The van der Waals surface area contributed by atoms with Crippen LogP contribution in [0.1, 0.15) is 108 Å². The number of sulfonamides is 1. The molecule has 0 radical (unpaired) electrons. The average molecular weight is 1150 g/mol. The summed E-state index contributed by atoms with van der Waals surface area (Å²) in [5, 5.41) is 31.9. The fraction of sp³-hybridized carbons (Fsp3) is 0.367. The maximum absolute atomic E-state index is 14.2. The van der Waals surface area contributed by atoms with E-state index in [1.807, 2.05) is 18.2 Å². The number of hydroxylamine groups is 1. The zero-order valence-corrected chi connectivity index (χ0v) is 47.1. The van der Waals surface area contributed by atoms with Crippen molar-refractivity contribution in [2.45, 2.75) is 88.6 Å². The second-order valence-corrected chi connectivity index (χ2v) is 24.8. The number of pyridine rings is 1. The molecule has 428 valence electrons. The number of allylic oxidation sites excluding steroid dienone is 1. The molecule has 5 amide bonds. The highest BCUT2D eigenvalue weighted by Gasteiger charge is 2.46. The minimum absolute atomic E-state index is 0.0227. The van der Waals surface area contributed by atoms with E-state index in [0.29, 0.717) is 65.3 Å². The fourth-order valence-corrected chi connectivity index (χ4v) is 13.1. The first kappa shape index (κ1) is 56.1. The first-order valence-electron chi connectivity index (χ1n) is 27.7. The van der Waals surface area contributed by atoms with Crippen molar-refractivity contribution in [3.8, 4) is 11.5 Å². The molecule has 2 aliphatic carbocycles. The van der Waals surface area contributed by atoms with Crippen LogP contribution in [-0.2, 0) is 19.6 Å². The smallest absolute Gasteiger partial charge is 0.268 e. The molecule has 3 fully saturated rings. The van der Waals surface area contributed by atoms with E-state index < -0.39 is 52.3 Å². The van der Waals surface area contributed by atoms with Gasteiger partial charge in [-0.15, -0.1) is 0 Å². The van der Waals surface area contributed by atoms with E-state index in [0.717, 1.165) is 67.7 Å². The van der Waals surface area contributed by atoms with Crippen LogP contribution in [0.15, 0.2) is 114 Å². The van der Waals surface area contributed by atoms with E-state index in [-0.39, 0.29) is 63.2 Å². The Labute approximate surface area is 479 Å². The minimum atomic E-state index is -4.59. The average Bonchev–Trinajstić information content (AvgIpc) is 3.45. The van der Waals surface area contributed by atoms with Crippen LogP contribution in [0.25, 0.3) is 16.6 Å². The first-order chi connectivity index (χ1) is 39.4. The minimum Gasteiger partial charge on any atom is -0.455 e. The molecule has 11 rings (SSSR count). The number of aromatic nitrogens is 2. The van der Waals surface area contributed by atoms with E-state index >= 15 is 0 Å². The normalized spacial score (nSPS) is 20.4. The number of aromatic amines is 1. The molecule has 5 heterocycles. The maximum atomic E-state index is 14.2. The Morgan fingerprint density at radius 2 is 1.67 bits per heavy atom. The Balaban J connectivity index is 0.743. The highest BCUT2D eigenvalue weighted by Crippen LogP contribution is 2.44. The number of carbonyl (C=O) groups excluding carboxylic acids is 5. The molecule has 5 aliphatic rings. The summed E-state index contributed by atoms with van der Waals surface area (Å²) in [6.07, 6.45) is 9.41. The molecule has 0 bridgehead atoms. The third-order valence-corrected chi connectivity index (χ3v) is 18.1. The summed E-state index contributed by atoms with van der Waals surface area (Å²) in [6.45, 7) is 8.09. The predicted octanol–water partition coefficient (Wildman–Crippen LogP) is 8.54. The van der Waals surface area contributed by atoms with Crippen molar-refractivity contribution in [1.29, 1.82) is 0 Å². The van der Waals surface area contributed by atoms with Gasteiger partial charge >= 0.3 is 0 Å².